The lowest BCUT2D eigenvalue weighted by molar-refractivity contribution is 0.0526. The molecule has 0 bridgehead atoms. The number of nitrogens with two attached hydrogens (primary N) is 1. The van der Waals surface area contributed by atoms with Gasteiger partial charge >= 0.3 is 5.97 Å². The summed E-state index contributed by atoms with van der Waals surface area (Å²) in [5.41, 5.74) is 8.32. The molecule has 1 aromatic heterocycles. The maximum absolute atomic E-state index is 11.6. The minimum absolute atomic E-state index is 0.321. The highest BCUT2D eigenvalue weighted by molar-refractivity contribution is 5.89. The van der Waals surface area contributed by atoms with E-state index in [1.165, 1.54) is 0 Å². The van der Waals surface area contributed by atoms with Gasteiger partial charge in [0.05, 0.1) is 23.6 Å². The summed E-state index contributed by atoms with van der Waals surface area (Å²) in [6.07, 6.45) is 0.887. The fraction of sp³-hybridized carbons (Fsp3) is 0.375. The third kappa shape index (κ3) is 3.62. The fourth-order valence-corrected chi connectivity index (χ4v) is 2.12. The van der Waals surface area contributed by atoms with E-state index in [9.17, 15) is 4.79 Å². The Labute approximate surface area is 124 Å². The predicted octanol–water partition coefficient (Wildman–Crippen LogP) is 2.83. The third-order valence-electron chi connectivity index (χ3n) is 3.03. The van der Waals surface area contributed by atoms with Gasteiger partial charge in [-0.05, 0) is 43.5 Å². The van der Waals surface area contributed by atoms with Crippen molar-refractivity contribution in [2.75, 3.05) is 12.3 Å². The summed E-state index contributed by atoms with van der Waals surface area (Å²) in [6.45, 7) is 6.44. The Bertz CT molecular complexity index is 615. The van der Waals surface area contributed by atoms with Crippen molar-refractivity contribution in [3.8, 4) is 5.69 Å². The minimum Gasteiger partial charge on any atom is -0.462 e. The number of nitrogen functional groups attached to an aromatic ring is 1. The molecule has 2 N–H and O–H groups in total. The second-order valence-electron chi connectivity index (χ2n) is 5.34. The third-order valence-corrected chi connectivity index (χ3v) is 3.03. The van der Waals surface area contributed by atoms with Crippen LogP contribution in [0.5, 0.6) is 0 Å². The molecule has 1 aromatic carbocycles. The van der Waals surface area contributed by atoms with E-state index in [1.54, 1.807) is 23.7 Å². The Kier molecular flexibility index (Phi) is 4.62. The molecule has 0 atom stereocenters. The highest BCUT2D eigenvalue weighted by Gasteiger charge is 2.10. The lowest BCUT2D eigenvalue weighted by atomic mass is 10.1. The van der Waals surface area contributed by atoms with Gasteiger partial charge in [0.2, 0.25) is 0 Å². The molecule has 0 aliphatic heterocycles. The van der Waals surface area contributed by atoms with Gasteiger partial charge in [0.15, 0.2) is 0 Å². The summed E-state index contributed by atoms with van der Waals surface area (Å²) < 4.78 is 6.65. The van der Waals surface area contributed by atoms with Gasteiger partial charge in [-0.15, -0.1) is 0 Å². The van der Waals surface area contributed by atoms with E-state index in [0.717, 1.165) is 17.8 Å². The van der Waals surface area contributed by atoms with Crippen LogP contribution in [0.1, 0.15) is 36.8 Å². The van der Waals surface area contributed by atoms with E-state index in [4.69, 9.17) is 10.5 Å². The molecule has 0 aliphatic carbocycles. The maximum Gasteiger partial charge on any atom is 0.338 e. The van der Waals surface area contributed by atoms with E-state index in [-0.39, 0.29) is 5.97 Å². The summed E-state index contributed by atoms with van der Waals surface area (Å²) in [7, 11) is 0. The number of esters is 1. The molecule has 0 saturated carbocycles. The number of rotatable bonds is 5. The summed E-state index contributed by atoms with van der Waals surface area (Å²) in [4.78, 5) is 11.6. The topological polar surface area (TPSA) is 70.1 Å². The van der Waals surface area contributed by atoms with Crippen LogP contribution in [0, 0.1) is 5.92 Å². The zero-order valence-corrected chi connectivity index (χ0v) is 12.7. The average molecular weight is 287 g/mol. The van der Waals surface area contributed by atoms with E-state index in [2.05, 4.69) is 18.9 Å². The van der Waals surface area contributed by atoms with Crippen LogP contribution in [0.3, 0.4) is 0 Å². The predicted molar refractivity (Wildman–Crippen MR) is 82.5 cm³/mol. The zero-order valence-electron chi connectivity index (χ0n) is 12.7. The van der Waals surface area contributed by atoms with Crippen molar-refractivity contribution in [3.05, 3.63) is 41.6 Å². The molecule has 2 rings (SSSR count). The number of benzene rings is 1. The van der Waals surface area contributed by atoms with Gasteiger partial charge in [0.25, 0.3) is 0 Å². The Balaban J connectivity index is 2.22. The molecule has 5 nitrogen and oxygen atoms in total. The van der Waals surface area contributed by atoms with Crippen LogP contribution >= 0.6 is 0 Å². The van der Waals surface area contributed by atoms with Crippen molar-refractivity contribution < 1.29 is 9.53 Å². The maximum atomic E-state index is 11.6. The molecule has 112 valence electrons. The molecule has 1 heterocycles. The average Bonchev–Trinajstić information content (AvgIpc) is 2.79. The standard InChI is InChI=1S/C16H21N3O2/c1-4-21-16(20)12-5-7-14(8-6-12)19-15(17)10-13(18-19)9-11(2)3/h5-8,10-11H,4,9,17H2,1-3H3. The van der Waals surface area contributed by atoms with Crippen molar-refractivity contribution in [2.24, 2.45) is 5.92 Å². The van der Waals surface area contributed by atoms with Crippen LogP contribution in [0.15, 0.2) is 30.3 Å². The Hall–Kier alpha value is -2.30. The molecule has 2 aromatic rings. The zero-order chi connectivity index (χ0) is 15.4. The quantitative estimate of drug-likeness (QED) is 0.858. The van der Waals surface area contributed by atoms with E-state index >= 15 is 0 Å². The number of aromatic nitrogens is 2. The fourth-order valence-electron chi connectivity index (χ4n) is 2.12. The van der Waals surface area contributed by atoms with Crippen LogP contribution < -0.4 is 5.73 Å². The summed E-state index contributed by atoms with van der Waals surface area (Å²) in [5.74, 6) is 0.798. The first-order chi connectivity index (χ1) is 10.0. The molecule has 0 spiro atoms. The van der Waals surface area contributed by atoms with E-state index in [0.29, 0.717) is 23.9 Å². The molecule has 0 aliphatic rings. The molecule has 0 unspecified atom stereocenters. The highest BCUT2D eigenvalue weighted by atomic mass is 16.5. The van der Waals surface area contributed by atoms with E-state index < -0.39 is 0 Å². The lowest BCUT2D eigenvalue weighted by Gasteiger charge is -2.06. The molecular weight excluding hydrogens is 266 g/mol. The van der Waals surface area contributed by atoms with Gasteiger partial charge in [0.1, 0.15) is 5.82 Å². The number of hydrogen-bond donors (Lipinski definition) is 1. The number of anilines is 1. The molecule has 0 saturated heterocycles. The smallest absolute Gasteiger partial charge is 0.338 e. The van der Waals surface area contributed by atoms with Crippen molar-refractivity contribution in [3.63, 3.8) is 0 Å². The molecule has 21 heavy (non-hydrogen) atoms. The Morgan fingerprint density at radius 2 is 2.00 bits per heavy atom. The lowest BCUT2D eigenvalue weighted by Crippen LogP contribution is -2.06. The van der Waals surface area contributed by atoms with Crippen LogP contribution in [0.25, 0.3) is 5.69 Å². The monoisotopic (exact) mass is 287 g/mol. The number of carbonyl (C=O) groups excluding carboxylic acids is 1. The second-order valence-corrected chi connectivity index (χ2v) is 5.34. The first-order valence-corrected chi connectivity index (χ1v) is 7.13. The van der Waals surface area contributed by atoms with Crippen LogP contribution in [0.2, 0.25) is 0 Å². The van der Waals surface area contributed by atoms with Gasteiger partial charge < -0.3 is 10.5 Å². The number of ether oxygens (including phenoxy) is 1. The van der Waals surface area contributed by atoms with Crippen LogP contribution in [-0.4, -0.2) is 22.4 Å². The summed E-state index contributed by atoms with van der Waals surface area (Å²) in [6, 6.07) is 8.95. The van der Waals surface area contributed by atoms with Crippen molar-refractivity contribution in [1.82, 2.24) is 9.78 Å². The molecule has 0 amide bonds. The van der Waals surface area contributed by atoms with E-state index in [1.807, 2.05) is 18.2 Å². The number of nitrogens with zero attached hydrogens (tertiary/aromatic N) is 2. The van der Waals surface area contributed by atoms with Gasteiger partial charge in [-0.25, -0.2) is 9.48 Å². The van der Waals surface area contributed by atoms with Gasteiger partial charge in [-0.2, -0.15) is 5.10 Å². The van der Waals surface area contributed by atoms with Gasteiger partial charge in [0, 0.05) is 6.07 Å². The normalized spacial score (nSPS) is 10.9. The summed E-state index contributed by atoms with van der Waals surface area (Å²) >= 11 is 0. The molecule has 0 fully saturated rings. The van der Waals surface area contributed by atoms with Crippen molar-refractivity contribution in [2.45, 2.75) is 27.2 Å². The summed E-state index contributed by atoms with van der Waals surface area (Å²) in [5, 5.41) is 4.51. The van der Waals surface area contributed by atoms with Crippen LogP contribution in [0.4, 0.5) is 5.82 Å². The van der Waals surface area contributed by atoms with Gasteiger partial charge in [-0.1, -0.05) is 13.8 Å². The highest BCUT2D eigenvalue weighted by Crippen LogP contribution is 2.17. The first kappa shape index (κ1) is 15.1. The SMILES string of the molecule is CCOC(=O)c1ccc(-n2nc(CC(C)C)cc2N)cc1. The van der Waals surface area contributed by atoms with Crippen molar-refractivity contribution in [1.29, 1.82) is 0 Å². The first-order valence-electron chi connectivity index (χ1n) is 7.13. The largest absolute Gasteiger partial charge is 0.462 e. The number of carbonyl (C=O) groups is 1. The van der Waals surface area contributed by atoms with Crippen LogP contribution in [-0.2, 0) is 11.2 Å². The molecule has 5 heteroatoms. The number of hydrogen-bond acceptors (Lipinski definition) is 4. The molecule has 0 radical (unpaired) electrons. The second kappa shape index (κ2) is 6.43. The Morgan fingerprint density at radius 1 is 1.33 bits per heavy atom. The Morgan fingerprint density at radius 3 is 2.57 bits per heavy atom. The molecular formula is C16H21N3O2. The van der Waals surface area contributed by atoms with Gasteiger partial charge in [-0.3, -0.25) is 0 Å². The van der Waals surface area contributed by atoms with Crippen molar-refractivity contribution >= 4 is 11.8 Å². The minimum atomic E-state index is -0.321.